The summed E-state index contributed by atoms with van der Waals surface area (Å²) in [6, 6.07) is 0.481. The lowest BCUT2D eigenvalue weighted by atomic mass is 9.99. The average molecular weight is 227 g/mol. The quantitative estimate of drug-likeness (QED) is 0.720. The lowest BCUT2D eigenvalue weighted by Crippen LogP contribution is -2.42. The van der Waals surface area contributed by atoms with Gasteiger partial charge in [-0.3, -0.25) is 9.69 Å². The molecule has 16 heavy (non-hydrogen) atoms. The molecule has 3 heteroatoms. The molecule has 0 radical (unpaired) electrons. The van der Waals surface area contributed by atoms with Crippen molar-refractivity contribution in [2.24, 2.45) is 5.92 Å². The molecule has 0 saturated carbocycles. The molecule has 2 atom stereocenters. The number of carbonyl (C=O) groups excluding carboxylic acids is 1. The van der Waals surface area contributed by atoms with Crippen molar-refractivity contribution in [1.29, 1.82) is 0 Å². The Kier molecular flexibility index (Phi) is 4.93. The van der Waals surface area contributed by atoms with Crippen LogP contribution in [0.2, 0.25) is 0 Å². The Morgan fingerprint density at radius 3 is 2.44 bits per heavy atom. The van der Waals surface area contributed by atoms with E-state index in [-0.39, 0.29) is 18.1 Å². The summed E-state index contributed by atoms with van der Waals surface area (Å²) >= 11 is 0. The van der Waals surface area contributed by atoms with Gasteiger partial charge in [0.25, 0.3) is 0 Å². The van der Waals surface area contributed by atoms with Gasteiger partial charge in [-0.1, -0.05) is 13.8 Å². The lowest BCUT2D eigenvalue weighted by Gasteiger charge is -2.27. The Hall–Kier alpha value is -0.410. The first-order valence-corrected chi connectivity index (χ1v) is 6.38. The maximum absolute atomic E-state index is 12.1. The molecule has 0 amide bonds. The molecule has 1 fully saturated rings. The minimum Gasteiger partial charge on any atom is -0.377 e. The van der Waals surface area contributed by atoms with E-state index in [4.69, 9.17) is 4.74 Å². The number of nitrogens with zero attached hydrogens (tertiary/aromatic N) is 1. The highest BCUT2D eigenvalue weighted by Crippen LogP contribution is 2.25. The molecule has 1 saturated heterocycles. The summed E-state index contributed by atoms with van der Waals surface area (Å²) in [6.45, 7) is 11.9. The second-order valence-electron chi connectivity index (χ2n) is 5.18. The molecule has 0 unspecified atom stereocenters. The Morgan fingerprint density at radius 1 is 1.38 bits per heavy atom. The molecule has 94 valence electrons. The van der Waals surface area contributed by atoms with Gasteiger partial charge in [0.05, 0.1) is 12.1 Å². The molecule has 0 N–H and O–H groups in total. The van der Waals surface area contributed by atoms with Gasteiger partial charge < -0.3 is 4.74 Å². The minimum atomic E-state index is 0.0662. The minimum absolute atomic E-state index is 0.0662. The zero-order valence-electron chi connectivity index (χ0n) is 11.2. The van der Waals surface area contributed by atoms with Crippen LogP contribution in [-0.2, 0) is 9.53 Å². The number of rotatable bonds is 5. The summed E-state index contributed by atoms with van der Waals surface area (Å²) in [5.74, 6) is 0.475. The highest BCUT2D eigenvalue weighted by atomic mass is 16.5. The predicted molar refractivity (Wildman–Crippen MR) is 65.5 cm³/mol. The molecular weight excluding hydrogens is 202 g/mol. The summed E-state index contributed by atoms with van der Waals surface area (Å²) < 4.78 is 5.65. The van der Waals surface area contributed by atoms with Crippen molar-refractivity contribution >= 4 is 5.78 Å². The first kappa shape index (κ1) is 13.7. The third-order valence-corrected chi connectivity index (χ3v) is 3.26. The molecule has 0 aromatic rings. The number of hydrogen-bond acceptors (Lipinski definition) is 3. The second-order valence-corrected chi connectivity index (χ2v) is 5.18. The van der Waals surface area contributed by atoms with Crippen molar-refractivity contribution in [3.05, 3.63) is 0 Å². The summed E-state index contributed by atoms with van der Waals surface area (Å²) in [4.78, 5) is 14.4. The van der Waals surface area contributed by atoms with Crippen molar-refractivity contribution in [2.75, 3.05) is 13.2 Å². The van der Waals surface area contributed by atoms with E-state index in [2.05, 4.69) is 18.7 Å². The van der Waals surface area contributed by atoms with E-state index in [1.165, 1.54) is 0 Å². The first-order valence-electron chi connectivity index (χ1n) is 6.38. The average Bonchev–Trinajstić information content (AvgIpc) is 2.61. The van der Waals surface area contributed by atoms with E-state index in [0.29, 0.717) is 11.8 Å². The molecule has 0 bridgehead atoms. The van der Waals surface area contributed by atoms with Gasteiger partial charge in [-0.25, -0.2) is 0 Å². The van der Waals surface area contributed by atoms with Crippen molar-refractivity contribution in [2.45, 2.75) is 59.2 Å². The highest BCUT2D eigenvalue weighted by molar-refractivity contribution is 5.86. The van der Waals surface area contributed by atoms with E-state index in [1.807, 2.05) is 20.8 Å². The van der Waals surface area contributed by atoms with Crippen LogP contribution in [0.1, 0.15) is 41.0 Å². The second kappa shape index (κ2) is 5.78. The van der Waals surface area contributed by atoms with Crippen molar-refractivity contribution in [3.8, 4) is 0 Å². The van der Waals surface area contributed by atoms with Crippen LogP contribution in [0.4, 0.5) is 0 Å². The molecule has 1 aliphatic rings. The Morgan fingerprint density at radius 2 is 2.00 bits per heavy atom. The normalized spacial score (nSPS) is 26.9. The SMILES string of the molecule is CCO[C@H]1C[C@@H](C(=O)C(C)C)N(C(C)C)C1. The van der Waals surface area contributed by atoms with Crippen LogP contribution in [0.25, 0.3) is 0 Å². The molecular formula is C13H25NO2. The van der Waals surface area contributed by atoms with Crippen LogP contribution in [0.3, 0.4) is 0 Å². The van der Waals surface area contributed by atoms with Crippen molar-refractivity contribution < 1.29 is 9.53 Å². The molecule has 0 aliphatic carbocycles. The van der Waals surface area contributed by atoms with Crippen molar-refractivity contribution in [1.82, 2.24) is 4.90 Å². The zero-order chi connectivity index (χ0) is 12.3. The van der Waals surface area contributed by atoms with E-state index in [9.17, 15) is 4.79 Å². The third kappa shape index (κ3) is 3.05. The maximum atomic E-state index is 12.1. The molecule has 0 aromatic carbocycles. The monoisotopic (exact) mass is 227 g/mol. The molecule has 1 rings (SSSR count). The van der Waals surface area contributed by atoms with Gasteiger partial charge in [0.15, 0.2) is 5.78 Å². The summed E-state index contributed by atoms with van der Waals surface area (Å²) in [5.41, 5.74) is 0. The summed E-state index contributed by atoms with van der Waals surface area (Å²) in [5, 5.41) is 0. The molecule has 3 nitrogen and oxygen atoms in total. The standard InChI is InChI=1S/C13H25NO2/c1-6-16-11-7-12(13(15)9(2)3)14(8-11)10(4)5/h9-12H,6-8H2,1-5H3/t11-,12-/m0/s1. The van der Waals surface area contributed by atoms with Gasteiger partial charge in [-0.2, -0.15) is 0 Å². The summed E-state index contributed by atoms with van der Waals surface area (Å²) in [7, 11) is 0. The Balaban J connectivity index is 2.69. The van der Waals surface area contributed by atoms with Crippen LogP contribution in [0.5, 0.6) is 0 Å². The molecule has 0 spiro atoms. The number of likely N-dealkylation sites (tertiary alicyclic amines) is 1. The van der Waals surface area contributed by atoms with Crippen molar-refractivity contribution in [3.63, 3.8) is 0 Å². The van der Waals surface area contributed by atoms with E-state index in [1.54, 1.807) is 0 Å². The Bertz CT molecular complexity index is 238. The zero-order valence-corrected chi connectivity index (χ0v) is 11.2. The fourth-order valence-electron chi connectivity index (χ4n) is 2.41. The van der Waals surface area contributed by atoms with Crippen LogP contribution >= 0.6 is 0 Å². The maximum Gasteiger partial charge on any atom is 0.152 e. The number of hydrogen-bond donors (Lipinski definition) is 0. The van der Waals surface area contributed by atoms with Gasteiger partial charge >= 0.3 is 0 Å². The summed E-state index contributed by atoms with van der Waals surface area (Å²) in [6.07, 6.45) is 1.10. The van der Waals surface area contributed by atoms with E-state index < -0.39 is 0 Å². The fraction of sp³-hybridized carbons (Fsp3) is 0.923. The molecule has 0 aromatic heterocycles. The third-order valence-electron chi connectivity index (χ3n) is 3.26. The predicted octanol–water partition coefficient (Wildman–Crippen LogP) is 2.10. The fourth-order valence-corrected chi connectivity index (χ4v) is 2.41. The largest absolute Gasteiger partial charge is 0.377 e. The topological polar surface area (TPSA) is 29.5 Å². The van der Waals surface area contributed by atoms with Gasteiger partial charge in [0, 0.05) is 25.1 Å². The van der Waals surface area contributed by atoms with Gasteiger partial charge in [0.1, 0.15) is 0 Å². The number of Topliss-reactive ketones (excluding diaryl/α,β-unsaturated/α-hetero) is 1. The molecule has 1 heterocycles. The van der Waals surface area contributed by atoms with Gasteiger partial charge in [-0.05, 0) is 27.2 Å². The van der Waals surface area contributed by atoms with Crippen LogP contribution in [-0.4, -0.2) is 42.0 Å². The van der Waals surface area contributed by atoms with Crippen LogP contribution in [0.15, 0.2) is 0 Å². The number of carbonyl (C=O) groups is 1. The van der Waals surface area contributed by atoms with E-state index in [0.717, 1.165) is 19.6 Å². The number of ether oxygens (including phenoxy) is 1. The molecule has 1 aliphatic heterocycles. The van der Waals surface area contributed by atoms with Crippen LogP contribution in [0, 0.1) is 5.92 Å². The first-order chi connectivity index (χ1) is 7.47. The van der Waals surface area contributed by atoms with Crippen LogP contribution < -0.4 is 0 Å². The van der Waals surface area contributed by atoms with Gasteiger partial charge in [0.2, 0.25) is 0 Å². The smallest absolute Gasteiger partial charge is 0.152 e. The number of ketones is 1. The lowest BCUT2D eigenvalue weighted by molar-refractivity contribution is -0.126. The van der Waals surface area contributed by atoms with E-state index >= 15 is 0 Å². The van der Waals surface area contributed by atoms with Gasteiger partial charge in [-0.15, -0.1) is 0 Å². The highest BCUT2D eigenvalue weighted by Gasteiger charge is 2.38. The Labute approximate surface area is 99.1 Å².